The topological polar surface area (TPSA) is 57.4 Å². The summed E-state index contributed by atoms with van der Waals surface area (Å²) in [6.07, 6.45) is 3.09. The highest BCUT2D eigenvalue weighted by Crippen LogP contribution is 2.23. The molecule has 1 saturated heterocycles. The Labute approximate surface area is 170 Å². The summed E-state index contributed by atoms with van der Waals surface area (Å²) < 4.78 is 7.28. The number of aromatic nitrogens is 1. The lowest BCUT2D eigenvalue weighted by Gasteiger charge is -2.30. The molecule has 6 heteroatoms. The van der Waals surface area contributed by atoms with E-state index < -0.39 is 6.10 Å². The number of methoxy groups -OCH3 is 1. The molecular formula is C23H27N3O3. The fourth-order valence-corrected chi connectivity index (χ4v) is 3.93. The first-order valence-corrected chi connectivity index (χ1v) is 9.97. The third kappa shape index (κ3) is 4.07. The van der Waals surface area contributed by atoms with Gasteiger partial charge in [-0.2, -0.15) is 0 Å². The molecule has 4 rings (SSSR count). The largest absolute Gasteiger partial charge is 0.497 e. The fourth-order valence-electron chi connectivity index (χ4n) is 3.93. The molecule has 0 bridgehead atoms. The average molecular weight is 393 g/mol. The third-order valence-corrected chi connectivity index (χ3v) is 5.53. The van der Waals surface area contributed by atoms with Gasteiger partial charge < -0.3 is 24.0 Å². The number of nitrogens with zero attached hydrogens (tertiary/aromatic N) is 3. The lowest BCUT2D eigenvalue weighted by Crippen LogP contribution is -2.42. The molecule has 1 fully saturated rings. The van der Waals surface area contributed by atoms with Crippen molar-refractivity contribution in [2.75, 3.05) is 32.1 Å². The number of amides is 1. The minimum absolute atomic E-state index is 0.0249. The molecule has 0 radical (unpaired) electrons. The highest BCUT2D eigenvalue weighted by Gasteiger charge is 2.23. The first-order valence-electron chi connectivity index (χ1n) is 9.97. The molecule has 1 aliphatic heterocycles. The quantitative estimate of drug-likeness (QED) is 0.723. The summed E-state index contributed by atoms with van der Waals surface area (Å²) in [6, 6.07) is 16.0. The fraction of sp³-hybridized carbons (Fsp3) is 0.348. The summed E-state index contributed by atoms with van der Waals surface area (Å²) >= 11 is 0. The molecule has 0 spiro atoms. The SMILES string of the molecule is COc1ccc(CN(C)c2ccc3ccc(C(=O)N4CCC[C@H](O)C4)cn23)cc1. The van der Waals surface area contributed by atoms with Crippen LogP contribution in [0.15, 0.2) is 54.7 Å². The minimum atomic E-state index is -0.422. The third-order valence-electron chi connectivity index (χ3n) is 5.53. The lowest BCUT2D eigenvalue weighted by molar-refractivity contribution is 0.0473. The van der Waals surface area contributed by atoms with Crippen molar-refractivity contribution in [1.82, 2.24) is 9.30 Å². The van der Waals surface area contributed by atoms with Crippen LogP contribution in [0.4, 0.5) is 5.82 Å². The smallest absolute Gasteiger partial charge is 0.255 e. The highest BCUT2D eigenvalue weighted by molar-refractivity contribution is 5.94. The number of fused-ring (bicyclic) bond motifs is 1. The molecule has 6 nitrogen and oxygen atoms in total. The molecule has 1 aliphatic rings. The van der Waals surface area contributed by atoms with Crippen molar-refractivity contribution < 1.29 is 14.6 Å². The number of benzene rings is 1. The van der Waals surface area contributed by atoms with Crippen molar-refractivity contribution in [2.24, 2.45) is 0 Å². The van der Waals surface area contributed by atoms with Crippen LogP contribution < -0.4 is 9.64 Å². The van der Waals surface area contributed by atoms with Gasteiger partial charge in [0.05, 0.1) is 18.8 Å². The van der Waals surface area contributed by atoms with Crippen molar-refractivity contribution in [2.45, 2.75) is 25.5 Å². The van der Waals surface area contributed by atoms with Gasteiger partial charge in [0.2, 0.25) is 0 Å². The van der Waals surface area contributed by atoms with Crippen LogP contribution in [-0.2, 0) is 6.54 Å². The van der Waals surface area contributed by atoms with Crippen LogP contribution in [-0.4, -0.2) is 53.7 Å². The van der Waals surface area contributed by atoms with Crippen molar-refractivity contribution in [3.05, 3.63) is 65.9 Å². The molecule has 0 saturated carbocycles. The monoisotopic (exact) mass is 393 g/mol. The Bertz CT molecular complexity index is 996. The number of aliphatic hydroxyl groups is 1. The van der Waals surface area contributed by atoms with Crippen molar-refractivity contribution in [1.29, 1.82) is 0 Å². The predicted octanol–water partition coefficient (Wildman–Crippen LogP) is 3.18. The highest BCUT2D eigenvalue weighted by atomic mass is 16.5. The first-order chi connectivity index (χ1) is 14.0. The number of piperidine rings is 1. The summed E-state index contributed by atoms with van der Waals surface area (Å²) in [6.45, 7) is 1.85. The van der Waals surface area contributed by atoms with E-state index in [1.165, 1.54) is 5.56 Å². The number of hydrogen-bond donors (Lipinski definition) is 1. The van der Waals surface area contributed by atoms with Gasteiger partial charge in [-0.25, -0.2) is 0 Å². The number of anilines is 1. The van der Waals surface area contributed by atoms with Crippen LogP contribution in [0.3, 0.4) is 0 Å². The predicted molar refractivity (Wildman–Crippen MR) is 114 cm³/mol. The first kappa shape index (κ1) is 19.3. The summed E-state index contributed by atoms with van der Waals surface area (Å²) in [5, 5.41) is 9.89. The zero-order valence-electron chi connectivity index (χ0n) is 16.9. The summed E-state index contributed by atoms with van der Waals surface area (Å²) in [5.41, 5.74) is 2.86. The second kappa shape index (κ2) is 8.17. The van der Waals surface area contributed by atoms with Crippen molar-refractivity contribution >= 4 is 17.2 Å². The van der Waals surface area contributed by atoms with E-state index in [-0.39, 0.29) is 5.91 Å². The summed E-state index contributed by atoms with van der Waals surface area (Å²) in [7, 11) is 3.71. The molecule has 152 valence electrons. The molecule has 3 aromatic rings. The van der Waals surface area contributed by atoms with Gasteiger partial charge in [0.1, 0.15) is 11.6 Å². The van der Waals surface area contributed by atoms with Gasteiger partial charge in [0.15, 0.2) is 0 Å². The zero-order chi connectivity index (χ0) is 20.4. The molecule has 2 aromatic heterocycles. The molecule has 3 heterocycles. The van der Waals surface area contributed by atoms with Crippen molar-refractivity contribution in [3.63, 3.8) is 0 Å². The standard InChI is InChI=1S/C23H27N3O3/c1-24(14-17-5-10-21(29-2)11-6-17)22-12-9-19-8-7-18(15-26(19)22)23(28)25-13-3-4-20(27)16-25/h5-12,15,20,27H,3-4,13-14,16H2,1-2H3/t20-/m0/s1. The number of carbonyl (C=O) groups excluding carboxylic acids is 1. The Morgan fingerprint density at radius 3 is 2.66 bits per heavy atom. The van der Waals surface area contributed by atoms with Gasteiger partial charge in [0, 0.05) is 38.4 Å². The Morgan fingerprint density at radius 2 is 1.93 bits per heavy atom. The number of hydrogen-bond acceptors (Lipinski definition) is 4. The second-order valence-corrected chi connectivity index (χ2v) is 7.66. The number of carbonyl (C=O) groups is 1. The van der Waals surface area contributed by atoms with E-state index in [1.807, 2.05) is 37.5 Å². The minimum Gasteiger partial charge on any atom is -0.497 e. The Hall–Kier alpha value is -2.99. The number of β-amino-alcohol motifs (C(OH)–C–C–N with tert-alkyl or cyclic N) is 1. The van der Waals surface area contributed by atoms with E-state index in [1.54, 1.807) is 12.0 Å². The lowest BCUT2D eigenvalue weighted by atomic mass is 10.1. The summed E-state index contributed by atoms with van der Waals surface area (Å²) in [5.74, 6) is 1.84. The van der Waals surface area contributed by atoms with Gasteiger partial charge in [0.25, 0.3) is 5.91 Å². The van der Waals surface area contributed by atoms with Gasteiger partial charge in [-0.05, 0) is 54.8 Å². The van der Waals surface area contributed by atoms with E-state index in [9.17, 15) is 9.90 Å². The van der Waals surface area contributed by atoms with Crippen LogP contribution >= 0.6 is 0 Å². The number of pyridine rings is 1. The van der Waals surface area contributed by atoms with Gasteiger partial charge in [-0.1, -0.05) is 12.1 Å². The maximum absolute atomic E-state index is 12.9. The van der Waals surface area contributed by atoms with Crippen LogP contribution in [0.25, 0.3) is 5.52 Å². The van der Waals surface area contributed by atoms with E-state index in [0.717, 1.165) is 36.5 Å². The molecule has 1 aromatic carbocycles. The van der Waals surface area contributed by atoms with Gasteiger partial charge >= 0.3 is 0 Å². The number of ether oxygens (including phenoxy) is 1. The van der Waals surface area contributed by atoms with E-state index >= 15 is 0 Å². The van der Waals surface area contributed by atoms with Crippen LogP contribution in [0.5, 0.6) is 5.75 Å². The maximum Gasteiger partial charge on any atom is 0.255 e. The normalized spacial score (nSPS) is 16.8. The van der Waals surface area contributed by atoms with E-state index in [0.29, 0.717) is 18.7 Å². The van der Waals surface area contributed by atoms with E-state index in [2.05, 4.69) is 33.6 Å². The Morgan fingerprint density at radius 1 is 1.17 bits per heavy atom. The average Bonchev–Trinajstić information content (AvgIpc) is 3.17. The van der Waals surface area contributed by atoms with Crippen molar-refractivity contribution in [3.8, 4) is 5.75 Å². The molecule has 29 heavy (non-hydrogen) atoms. The van der Waals surface area contributed by atoms with Gasteiger partial charge in [-0.3, -0.25) is 4.79 Å². The maximum atomic E-state index is 12.9. The molecule has 1 amide bonds. The molecule has 1 atom stereocenters. The molecular weight excluding hydrogens is 366 g/mol. The molecule has 0 aliphatic carbocycles. The number of rotatable bonds is 5. The summed E-state index contributed by atoms with van der Waals surface area (Å²) in [4.78, 5) is 16.8. The van der Waals surface area contributed by atoms with Gasteiger partial charge in [-0.15, -0.1) is 0 Å². The number of likely N-dealkylation sites (tertiary alicyclic amines) is 1. The number of aliphatic hydroxyl groups excluding tert-OH is 1. The van der Waals surface area contributed by atoms with Crippen LogP contribution in [0, 0.1) is 0 Å². The zero-order valence-corrected chi connectivity index (χ0v) is 16.9. The van der Waals surface area contributed by atoms with E-state index in [4.69, 9.17) is 4.74 Å². The molecule has 0 unspecified atom stereocenters. The Balaban J connectivity index is 1.56. The van der Waals surface area contributed by atoms with Crippen LogP contribution in [0.2, 0.25) is 0 Å². The Kier molecular flexibility index (Phi) is 5.45. The second-order valence-electron chi connectivity index (χ2n) is 7.66. The van der Waals surface area contributed by atoms with Crippen LogP contribution in [0.1, 0.15) is 28.8 Å². The molecule has 1 N–H and O–H groups in total.